The molecule has 1 aromatic rings. The maximum absolute atomic E-state index is 12.4. The zero-order valence-electron chi connectivity index (χ0n) is 11.3. The third-order valence-electron chi connectivity index (χ3n) is 3.96. The number of hydrogen-bond donors (Lipinski definition) is 2. The summed E-state index contributed by atoms with van der Waals surface area (Å²) in [6, 6.07) is 7.96. The number of fused-ring (bicyclic) bond motifs is 1. The number of sulfonamides is 1. The summed E-state index contributed by atoms with van der Waals surface area (Å²) in [7, 11) is -3.26. The van der Waals surface area contributed by atoms with Crippen LogP contribution in [0.3, 0.4) is 0 Å². The predicted molar refractivity (Wildman–Crippen MR) is 78.3 cm³/mol. The van der Waals surface area contributed by atoms with E-state index in [0.717, 1.165) is 12.1 Å². The van der Waals surface area contributed by atoms with E-state index < -0.39 is 10.0 Å². The average Bonchev–Trinajstić information content (AvgIpc) is 2.48. The van der Waals surface area contributed by atoms with Gasteiger partial charge in [-0.15, -0.1) is 0 Å². The highest BCUT2D eigenvalue weighted by molar-refractivity contribution is 7.90. The molecule has 20 heavy (non-hydrogen) atoms. The summed E-state index contributed by atoms with van der Waals surface area (Å²) in [5.41, 5.74) is 2.27. The van der Waals surface area contributed by atoms with Crippen LogP contribution in [0.1, 0.15) is 18.4 Å². The Bertz CT molecular complexity index is 568. The van der Waals surface area contributed by atoms with Gasteiger partial charge in [-0.05, 0) is 30.9 Å². The number of hydrogen-bond acceptors (Lipinski definition) is 4. The van der Waals surface area contributed by atoms with Gasteiger partial charge in [0.2, 0.25) is 10.0 Å². The molecule has 2 aliphatic rings. The molecular weight excluding hydrogens is 276 g/mol. The van der Waals surface area contributed by atoms with Crippen LogP contribution in [-0.4, -0.2) is 39.5 Å². The van der Waals surface area contributed by atoms with Gasteiger partial charge < -0.3 is 10.1 Å². The standard InChI is InChI=1S/C14H20N2O3S/c17-20(18,13-5-7-19-8-6-13)16-12-9-11-3-1-2-4-14(11)15-10-12/h1-4,12-13,15-16H,5-10H2. The zero-order valence-corrected chi connectivity index (χ0v) is 12.2. The lowest BCUT2D eigenvalue weighted by atomic mass is 10.0. The van der Waals surface area contributed by atoms with Crippen molar-refractivity contribution in [2.75, 3.05) is 25.1 Å². The minimum atomic E-state index is -3.26. The van der Waals surface area contributed by atoms with Crippen LogP contribution in [0.25, 0.3) is 0 Å². The maximum Gasteiger partial charge on any atom is 0.214 e. The van der Waals surface area contributed by atoms with Gasteiger partial charge in [0.1, 0.15) is 0 Å². The lowest BCUT2D eigenvalue weighted by Crippen LogP contribution is -2.48. The Morgan fingerprint density at radius 1 is 1.20 bits per heavy atom. The fraction of sp³-hybridized carbons (Fsp3) is 0.571. The molecule has 2 N–H and O–H groups in total. The lowest BCUT2D eigenvalue weighted by molar-refractivity contribution is 0.0981. The highest BCUT2D eigenvalue weighted by Crippen LogP contribution is 2.22. The van der Waals surface area contributed by atoms with Gasteiger partial charge in [0, 0.05) is 31.5 Å². The first kappa shape index (κ1) is 13.9. The first-order chi connectivity index (χ1) is 9.65. The van der Waals surface area contributed by atoms with E-state index in [1.165, 1.54) is 5.56 Å². The number of anilines is 1. The van der Waals surface area contributed by atoms with Gasteiger partial charge in [0.15, 0.2) is 0 Å². The topological polar surface area (TPSA) is 67.4 Å². The quantitative estimate of drug-likeness (QED) is 0.877. The summed E-state index contributed by atoms with van der Waals surface area (Å²) in [5, 5.41) is 2.97. The Kier molecular flexibility index (Phi) is 3.96. The van der Waals surface area contributed by atoms with Crippen molar-refractivity contribution in [2.24, 2.45) is 0 Å². The number of para-hydroxylation sites is 1. The van der Waals surface area contributed by atoms with E-state index >= 15 is 0 Å². The Balaban J connectivity index is 1.66. The molecule has 0 amide bonds. The third-order valence-corrected chi connectivity index (χ3v) is 5.97. The lowest BCUT2D eigenvalue weighted by Gasteiger charge is -2.29. The highest BCUT2D eigenvalue weighted by Gasteiger charge is 2.30. The second-order valence-corrected chi connectivity index (χ2v) is 7.41. The molecule has 1 fully saturated rings. The van der Waals surface area contributed by atoms with Crippen molar-refractivity contribution in [3.05, 3.63) is 29.8 Å². The third kappa shape index (κ3) is 2.97. The van der Waals surface area contributed by atoms with Crippen molar-refractivity contribution in [3.8, 4) is 0 Å². The van der Waals surface area contributed by atoms with Crippen LogP contribution >= 0.6 is 0 Å². The van der Waals surface area contributed by atoms with Gasteiger partial charge in [0.05, 0.1) is 5.25 Å². The van der Waals surface area contributed by atoms with Gasteiger partial charge in [0.25, 0.3) is 0 Å². The van der Waals surface area contributed by atoms with E-state index in [1.807, 2.05) is 24.3 Å². The van der Waals surface area contributed by atoms with Gasteiger partial charge in [-0.25, -0.2) is 13.1 Å². The predicted octanol–water partition coefficient (Wildman–Crippen LogP) is 1.12. The van der Waals surface area contributed by atoms with E-state index in [4.69, 9.17) is 4.74 Å². The Labute approximate surface area is 119 Å². The molecule has 0 saturated carbocycles. The normalized spacial score (nSPS) is 23.9. The van der Waals surface area contributed by atoms with E-state index in [9.17, 15) is 8.42 Å². The average molecular weight is 296 g/mol. The van der Waals surface area contributed by atoms with E-state index in [0.29, 0.717) is 32.6 Å². The summed E-state index contributed by atoms with van der Waals surface area (Å²) in [4.78, 5) is 0. The van der Waals surface area contributed by atoms with Crippen LogP contribution in [0.15, 0.2) is 24.3 Å². The Morgan fingerprint density at radius 2 is 1.95 bits per heavy atom. The summed E-state index contributed by atoms with van der Waals surface area (Å²) < 4.78 is 32.8. The molecule has 3 rings (SSSR count). The molecule has 0 spiro atoms. The van der Waals surface area contributed by atoms with Crippen LogP contribution in [0, 0.1) is 0 Å². The van der Waals surface area contributed by atoms with Crippen molar-refractivity contribution in [1.29, 1.82) is 0 Å². The smallest absolute Gasteiger partial charge is 0.214 e. The summed E-state index contributed by atoms with van der Waals surface area (Å²) in [5.74, 6) is 0. The summed E-state index contributed by atoms with van der Waals surface area (Å²) in [6.07, 6.45) is 1.92. The Morgan fingerprint density at radius 3 is 2.75 bits per heavy atom. The van der Waals surface area contributed by atoms with Crippen LogP contribution in [0.5, 0.6) is 0 Å². The molecule has 1 atom stereocenters. The fourth-order valence-corrected chi connectivity index (χ4v) is 4.48. The zero-order chi connectivity index (χ0) is 14.0. The molecule has 2 heterocycles. The molecule has 6 heteroatoms. The van der Waals surface area contributed by atoms with E-state index in [-0.39, 0.29) is 11.3 Å². The molecule has 0 bridgehead atoms. The highest BCUT2D eigenvalue weighted by atomic mass is 32.2. The summed E-state index contributed by atoms with van der Waals surface area (Å²) in [6.45, 7) is 1.72. The first-order valence-electron chi connectivity index (χ1n) is 7.06. The minimum absolute atomic E-state index is 0.0715. The van der Waals surface area contributed by atoms with Gasteiger partial charge >= 0.3 is 0 Å². The maximum atomic E-state index is 12.4. The van der Waals surface area contributed by atoms with Gasteiger partial charge in [-0.3, -0.25) is 0 Å². The molecule has 0 radical (unpaired) electrons. The monoisotopic (exact) mass is 296 g/mol. The van der Waals surface area contributed by atoms with Gasteiger partial charge in [-0.2, -0.15) is 0 Å². The van der Waals surface area contributed by atoms with Crippen molar-refractivity contribution in [2.45, 2.75) is 30.6 Å². The van der Waals surface area contributed by atoms with Crippen molar-refractivity contribution in [3.63, 3.8) is 0 Å². The van der Waals surface area contributed by atoms with Gasteiger partial charge in [-0.1, -0.05) is 18.2 Å². The molecule has 1 unspecified atom stereocenters. The molecule has 5 nitrogen and oxygen atoms in total. The molecule has 2 aliphatic heterocycles. The number of ether oxygens (including phenoxy) is 1. The van der Waals surface area contributed by atoms with E-state index in [1.54, 1.807) is 0 Å². The second kappa shape index (κ2) is 5.71. The molecule has 1 aromatic carbocycles. The number of rotatable bonds is 3. The van der Waals surface area contributed by atoms with Crippen LogP contribution < -0.4 is 10.0 Å². The first-order valence-corrected chi connectivity index (χ1v) is 8.60. The van der Waals surface area contributed by atoms with E-state index in [2.05, 4.69) is 10.0 Å². The molecule has 0 aliphatic carbocycles. The van der Waals surface area contributed by atoms with Crippen LogP contribution in [0.4, 0.5) is 5.69 Å². The number of benzene rings is 1. The summed E-state index contributed by atoms with van der Waals surface area (Å²) >= 11 is 0. The van der Waals surface area contributed by atoms with Crippen molar-refractivity contribution in [1.82, 2.24) is 4.72 Å². The fourth-order valence-electron chi connectivity index (χ4n) is 2.84. The number of nitrogens with one attached hydrogen (secondary N) is 2. The molecule has 110 valence electrons. The second-order valence-electron chi connectivity index (χ2n) is 5.41. The largest absolute Gasteiger partial charge is 0.383 e. The minimum Gasteiger partial charge on any atom is -0.383 e. The van der Waals surface area contributed by atoms with Crippen LogP contribution in [-0.2, 0) is 21.2 Å². The SMILES string of the molecule is O=S(=O)(NC1CNc2ccccc2C1)C1CCOCC1. The Hall–Kier alpha value is -1.11. The van der Waals surface area contributed by atoms with Crippen molar-refractivity contribution >= 4 is 15.7 Å². The molecule has 1 saturated heterocycles. The molecule has 0 aromatic heterocycles. The molecular formula is C14H20N2O3S. The van der Waals surface area contributed by atoms with Crippen LogP contribution in [0.2, 0.25) is 0 Å². The van der Waals surface area contributed by atoms with Crippen molar-refractivity contribution < 1.29 is 13.2 Å².